The molecule has 2 aromatic carbocycles. The minimum Gasteiger partial charge on any atom is -0.497 e. The van der Waals surface area contributed by atoms with Gasteiger partial charge in [0.15, 0.2) is 0 Å². The van der Waals surface area contributed by atoms with Gasteiger partial charge in [-0.3, -0.25) is 14.5 Å². The molecule has 1 heterocycles. The Morgan fingerprint density at radius 2 is 1.59 bits per heavy atom. The van der Waals surface area contributed by atoms with Crippen molar-refractivity contribution in [3.8, 4) is 17.2 Å². The van der Waals surface area contributed by atoms with E-state index in [1.54, 1.807) is 62.6 Å². The number of hydrogen-bond acceptors (Lipinski definition) is 6. The summed E-state index contributed by atoms with van der Waals surface area (Å²) < 4.78 is 16.1. The van der Waals surface area contributed by atoms with Crippen LogP contribution in [0.25, 0.3) is 0 Å². The van der Waals surface area contributed by atoms with Crippen molar-refractivity contribution in [1.82, 2.24) is 15.5 Å². The lowest BCUT2D eigenvalue weighted by molar-refractivity contribution is -0.134. The smallest absolute Gasteiger partial charge is 0.325 e. The third-order valence-corrected chi connectivity index (χ3v) is 5.07. The lowest BCUT2D eigenvalue weighted by atomic mass is 9.92. The summed E-state index contributed by atoms with van der Waals surface area (Å²) in [5.41, 5.74) is -0.649. The van der Waals surface area contributed by atoms with E-state index in [1.165, 1.54) is 0 Å². The van der Waals surface area contributed by atoms with Gasteiger partial charge in [0.2, 0.25) is 5.91 Å². The average Bonchev–Trinajstić information content (AvgIpc) is 3.02. The molecule has 0 unspecified atom stereocenters. The molecule has 0 bridgehead atoms. The zero-order chi connectivity index (χ0) is 23.1. The Bertz CT molecular complexity index is 961. The molecule has 1 saturated heterocycles. The first kappa shape index (κ1) is 22.9. The number of rotatable bonds is 10. The number of hydrogen-bond donors (Lipinski definition) is 2. The maximum absolute atomic E-state index is 12.9. The van der Waals surface area contributed by atoms with Crippen molar-refractivity contribution in [3.05, 3.63) is 54.1 Å². The normalized spacial score (nSPS) is 17.7. The van der Waals surface area contributed by atoms with E-state index < -0.39 is 23.4 Å². The first-order valence-electron chi connectivity index (χ1n) is 10.3. The lowest BCUT2D eigenvalue weighted by Crippen LogP contribution is -2.43. The molecule has 9 nitrogen and oxygen atoms in total. The topological polar surface area (TPSA) is 106 Å². The van der Waals surface area contributed by atoms with Crippen molar-refractivity contribution in [1.29, 1.82) is 0 Å². The summed E-state index contributed by atoms with van der Waals surface area (Å²) in [6.45, 7) is 4.20. The van der Waals surface area contributed by atoms with Gasteiger partial charge in [0.05, 0.1) is 20.3 Å². The van der Waals surface area contributed by atoms with E-state index in [2.05, 4.69) is 10.6 Å². The number of nitrogens with one attached hydrogen (secondary N) is 2. The maximum Gasteiger partial charge on any atom is 0.325 e. The van der Waals surface area contributed by atoms with E-state index in [4.69, 9.17) is 14.2 Å². The van der Waals surface area contributed by atoms with Crippen molar-refractivity contribution in [2.45, 2.75) is 19.4 Å². The Hall–Kier alpha value is -3.75. The monoisotopic (exact) mass is 441 g/mol. The highest BCUT2D eigenvalue weighted by Crippen LogP contribution is 2.29. The average molecular weight is 441 g/mol. The summed E-state index contributed by atoms with van der Waals surface area (Å²) in [4.78, 5) is 38.5. The summed E-state index contributed by atoms with van der Waals surface area (Å²) in [6.07, 6.45) is 0. The van der Waals surface area contributed by atoms with Gasteiger partial charge < -0.3 is 24.8 Å². The van der Waals surface area contributed by atoms with Gasteiger partial charge in [0.1, 0.15) is 35.9 Å². The fourth-order valence-electron chi connectivity index (χ4n) is 3.32. The van der Waals surface area contributed by atoms with Gasteiger partial charge in [-0.05, 0) is 55.8 Å². The van der Waals surface area contributed by atoms with E-state index in [9.17, 15) is 14.4 Å². The van der Waals surface area contributed by atoms with Crippen LogP contribution in [0.5, 0.6) is 17.2 Å². The quantitative estimate of drug-likeness (QED) is 0.432. The molecule has 1 aliphatic heterocycles. The molecule has 1 aliphatic rings. The highest BCUT2D eigenvalue weighted by atomic mass is 16.5. The summed E-state index contributed by atoms with van der Waals surface area (Å²) >= 11 is 0. The second kappa shape index (κ2) is 10.0. The van der Waals surface area contributed by atoms with Crippen LogP contribution in [0.3, 0.4) is 0 Å². The Balaban J connectivity index is 1.49. The maximum atomic E-state index is 12.9. The summed E-state index contributed by atoms with van der Waals surface area (Å²) in [6, 6.07) is 13.4. The highest BCUT2D eigenvalue weighted by Gasteiger charge is 2.49. The molecule has 0 aromatic heterocycles. The number of imide groups is 1. The first-order chi connectivity index (χ1) is 15.4. The number of amides is 4. The molecule has 170 valence electrons. The molecule has 1 fully saturated rings. The predicted molar refractivity (Wildman–Crippen MR) is 117 cm³/mol. The van der Waals surface area contributed by atoms with Gasteiger partial charge in [-0.25, -0.2) is 4.79 Å². The van der Waals surface area contributed by atoms with Gasteiger partial charge in [-0.2, -0.15) is 0 Å². The molecule has 0 aliphatic carbocycles. The Morgan fingerprint density at radius 3 is 2.19 bits per heavy atom. The summed E-state index contributed by atoms with van der Waals surface area (Å²) in [5.74, 6) is 1.09. The van der Waals surface area contributed by atoms with Crippen LogP contribution in [0.15, 0.2) is 48.5 Å². The van der Waals surface area contributed by atoms with Gasteiger partial charge in [-0.1, -0.05) is 12.1 Å². The van der Waals surface area contributed by atoms with E-state index in [0.717, 1.165) is 10.6 Å². The van der Waals surface area contributed by atoms with E-state index in [0.29, 0.717) is 23.7 Å². The number of methoxy groups -OCH3 is 1. The largest absolute Gasteiger partial charge is 0.497 e. The molecule has 32 heavy (non-hydrogen) atoms. The first-order valence-corrected chi connectivity index (χ1v) is 10.3. The molecule has 4 amide bonds. The lowest BCUT2D eigenvalue weighted by Gasteiger charge is -2.22. The Morgan fingerprint density at radius 1 is 1.00 bits per heavy atom. The third kappa shape index (κ3) is 5.11. The number of nitrogens with zero attached hydrogens (tertiary/aromatic N) is 1. The van der Waals surface area contributed by atoms with E-state index in [-0.39, 0.29) is 19.7 Å². The SMILES string of the molecule is CCOc1ccc(OCCNC(=O)CN2C(=O)N[C@@](C)(c3ccc(OC)cc3)C2=O)cc1. The molecule has 9 heteroatoms. The van der Waals surface area contributed by atoms with E-state index >= 15 is 0 Å². The van der Waals surface area contributed by atoms with Crippen LogP contribution < -0.4 is 24.8 Å². The van der Waals surface area contributed by atoms with Crippen LogP contribution in [0.2, 0.25) is 0 Å². The Labute approximate surface area is 186 Å². The fourth-order valence-corrected chi connectivity index (χ4v) is 3.32. The minimum absolute atomic E-state index is 0.228. The summed E-state index contributed by atoms with van der Waals surface area (Å²) in [7, 11) is 1.54. The zero-order valence-corrected chi connectivity index (χ0v) is 18.3. The van der Waals surface area contributed by atoms with Gasteiger partial charge >= 0.3 is 6.03 Å². The third-order valence-electron chi connectivity index (χ3n) is 5.07. The molecule has 1 atom stereocenters. The van der Waals surface area contributed by atoms with Crippen LogP contribution >= 0.6 is 0 Å². The van der Waals surface area contributed by atoms with Crippen LogP contribution in [-0.4, -0.2) is 56.2 Å². The van der Waals surface area contributed by atoms with Gasteiger partial charge in [0, 0.05) is 0 Å². The van der Waals surface area contributed by atoms with Crippen LogP contribution in [0, 0.1) is 0 Å². The van der Waals surface area contributed by atoms with Crippen LogP contribution in [0.1, 0.15) is 19.4 Å². The van der Waals surface area contributed by atoms with Crippen molar-refractivity contribution >= 4 is 17.8 Å². The van der Waals surface area contributed by atoms with Crippen molar-refractivity contribution < 1.29 is 28.6 Å². The number of carbonyl (C=O) groups excluding carboxylic acids is 3. The molecular weight excluding hydrogens is 414 g/mol. The number of carbonyl (C=O) groups is 3. The molecular formula is C23H27N3O6. The van der Waals surface area contributed by atoms with E-state index in [1.807, 2.05) is 6.92 Å². The second-order valence-corrected chi connectivity index (χ2v) is 7.28. The molecule has 2 aromatic rings. The molecule has 0 saturated carbocycles. The number of benzene rings is 2. The van der Waals surface area contributed by atoms with Gasteiger partial charge in [-0.15, -0.1) is 0 Å². The fraction of sp³-hybridized carbons (Fsp3) is 0.348. The number of urea groups is 1. The van der Waals surface area contributed by atoms with Crippen molar-refractivity contribution in [2.75, 3.05) is 33.4 Å². The van der Waals surface area contributed by atoms with Crippen LogP contribution in [0.4, 0.5) is 4.79 Å². The van der Waals surface area contributed by atoms with Crippen molar-refractivity contribution in [3.63, 3.8) is 0 Å². The van der Waals surface area contributed by atoms with Crippen LogP contribution in [-0.2, 0) is 15.1 Å². The van der Waals surface area contributed by atoms with Gasteiger partial charge in [0.25, 0.3) is 5.91 Å². The molecule has 2 N–H and O–H groups in total. The summed E-state index contributed by atoms with van der Waals surface area (Å²) in [5, 5.41) is 5.33. The molecule has 0 spiro atoms. The highest BCUT2D eigenvalue weighted by molar-refractivity contribution is 6.09. The predicted octanol–water partition coefficient (Wildman–Crippen LogP) is 2.06. The molecule has 3 rings (SSSR count). The molecule has 0 radical (unpaired) electrons. The Kier molecular flexibility index (Phi) is 7.19. The second-order valence-electron chi connectivity index (χ2n) is 7.28. The van der Waals surface area contributed by atoms with Crippen molar-refractivity contribution in [2.24, 2.45) is 0 Å². The number of ether oxygens (including phenoxy) is 3. The minimum atomic E-state index is -1.25. The zero-order valence-electron chi connectivity index (χ0n) is 18.3. The standard InChI is InChI=1S/C23H27N3O6/c1-4-31-18-9-11-19(12-10-18)32-14-13-24-20(27)15-26-21(28)23(2,25-22(26)29)16-5-7-17(30-3)8-6-16/h5-12H,4,13-15H2,1-3H3,(H,24,27)(H,25,29)/t23-/m0/s1.